The molecular formula is C18H30N2O4. The van der Waals surface area contributed by atoms with E-state index in [1.165, 1.54) is 0 Å². The van der Waals surface area contributed by atoms with Gasteiger partial charge in [-0.1, -0.05) is 13.8 Å². The molecule has 2 amide bonds. The maximum Gasteiger partial charge on any atom is 0.245 e. The van der Waals surface area contributed by atoms with E-state index in [4.69, 9.17) is 9.47 Å². The summed E-state index contributed by atoms with van der Waals surface area (Å²) in [4.78, 5) is 27.0. The Balaban J connectivity index is 1.67. The molecule has 1 N–H and O–H groups in total. The Kier molecular flexibility index (Phi) is 5.45. The van der Waals surface area contributed by atoms with E-state index in [1.807, 2.05) is 6.92 Å². The van der Waals surface area contributed by atoms with Crippen molar-refractivity contribution >= 4 is 11.8 Å². The molecule has 1 aliphatic carbocycles. The fourth-order valence-corrected chi connectivity index (χ4v) is 4.16. The lowest BCUT2D eigenvalue weighted by molar-refractivity contribution is -0.161. The lowest BCUT2D eigenvalue weighted by Gasteiger charge is -2.43. The van der Waals surface area contributed by atoms with Crippen LogP contribution in [0.2, 0.25) is 0 Å². The van der Waals surface area contributed by atoms with Gasteiger partial charge in [-0.15, -0.1) is 0 Å². The summed E-state index contributed by atoms with van der Waals surface area (Å²) in [6.45, 7) is 5.68. The summed E-state index contributed by atoms with van der Waals surface area (Å²) in [5.41, 5.74) is -0.564. The number of nitrogens with one attached hydrogen (secondary N) is 1. The molecule has 3 fully saturated rings. The van der Waals surface area contributed by atoms with Crippen molar-refractivity contribution in [1.29, 1.82) is 0 Å². The van der Waals surface area contributed by atoms with Gasteiger partial charge in [-0.2, -0.15) is 0 Å². The number of carbonyl (C=O) groups is 2. The summed E-state index contributed by atoms with van der Waals surface area (Å²) < 4.78 is 11.6. The second kappa shape index (κ2) is 7.40. The molecule has 0 radical (unpaired) electrons. The van der Waals surface area contributed by atoms with Gasteiger partial charge in [-0.25, -0.2) is 0 Å². The van der Waals surface area contributed by atoms with Crippen LogP contribution in [0.5, 0.6) is 0 Å². The predicted octanol–water partition coefficient (Wildman–Crippen LogP) is 1.83. The number of ether oxygens (including phenoxy) is 2. The molecule has 6 nitrogen and oxygen atoms in total. The quantitative estimate of drug-likeness (QED) is 0.849. The lowest BCUT2D eigenvalue weighted by Crippen LogP contribution is -2.57. The van der Waals surface area contributed by atoms with Crippen LogP contribution in [0.1, 0.15) is 58.8 Å². The number of carbonyl (C=O) groups excluding carboxylic acids is 2. The molecule has 0 aromatic carbocycles. The van der Waals surface area contributed by atoms with Crippen LogP contribution in [0.15, 0.2) is 0 Å². The van der Waals surface area contributed by atoms with Gasteiger partial charge in [0.2, 0.25) is 11.8 Å². The van der Waals surface area contributed by atoms with Gasteiger partial charge >= 0.3 is 0 Å². The van der Waals surface area contributed by atoms with E-state index in [0.29, 0.717) is 25.5 Å². The zero-order valence-corrected chi connectivity index (χ0v) is 14.9. The molecule has 1 spiro atoms. The Morgan fingerprint density at radius 3 is 2.62 bits per heavy atom. The van der Waals surface area contributed by atoms with E-state index >= 15 is 0 Å². The van der Waals surface area contributed by atoms with Gasteiger partial charge in [0.1, 0.15) is 11.8 Å². The molecular weight excluding hydrogens is 308 g/mol. The van der Waals surface area contributed by atoms with Crippen molar-refractivity contribution in [3.8, 4) is 0 Å². The highest BCUT2D eigenvalue weighted by Gasteiger charge is 2.52. The van der Waals surface area contributed by atoms with E-state index in [9.17, 15) is 9.59 Å². The summed E-state index contributed by atoms with van der Waals surface area (Å²) >= 11 is 0. The first-order valence-corrected chi connectivity index (χ1v) is 9.41. The maximum absolute atomic E-state index is 12.7. The minimum absolute atomic E-state index is 0.0133. The summed E-state index contributed by atoms with van der Waals surface area (Å²) in [5.74, 6) is 0.562. The average molecular weight is 338 g/mol. The monoisotopic (exact) mass is 338 g/mol. The lowest BCUT2D eigenvalue weighted by atomic mass is 9.83. The molecule has 136 valence electrons. The van der Waals surface area contributed by atoms with Gasteiger partial charge in [-0.05, 0) is 44.4 Å². The van der Waals surface area contributed by atoms with Gasteiger partial charge < -0.3 is 14.8 Å². The van der Waals surface area contributed by atoms with E-state index in [0.717, 1.165) is 45.1 Å². The van der Waals surface area contributed by atoms with Crippen molar-refractivity contribution in [3.63, 3.8) is 0 Å². The fraction of sp³-hybridized carbons (Fsp3) is 0.889. The first-order chi connectivity index (χ1) is 11.6. The minimum atomic E-state index is -0.564. The predicted molar refractivity (Wildman–Crippen MR) is 89.2 cm³/mol. The molecule has 2 unspecified atom stereocenters. The zero-order valence-electron chi connectivity index (χ0n) is 14.9. The van der Waals surface area contributed by atoms with Crippen molar-refractivity contribution in [2.24, 2.45) is 5.92 Å². The molecule has 2 heterocycles. The number of hydrogen-bond acceptors (Lipinski definition) is 4. The normalized spacial score (nSPS) is 36.2. The van der Waals surface area contributed by atoms with Gasteiger partial charge in [0, 0.05) is 19.6 Å². The largest absolute Gasteiger partial charge is 0.376 e. The SMILES string of the molecule is CCC(=O)N1C(C(=O)NCC2CCCO2)COC12CCC(C)CC2. The Hall–Kier alpha value is -1.14. The molecule has 2 atom stereocenters. The Morgan fingerprint density at radius 2 is 2.00 bits per heavy atom. The third kappa shape index (κ3) is 3.45. The Morgan fingerprint density at radius 1 is 1.25 bits per heavy atom. The van der Waals surface area contributed by atoms with Crippen LogP contribution in [0.3, 0.4) is 0 Å². The third-order valence-electron chi connectivity index (χ3n) is 5.72. The van der Waals surface area contributed by atoms with Gasteiger partial charge in [0.25, 0.3) is 0 Å². The van der Waals surface area contributed by atoms with E-state index in [1.54, 1.807) is 4.90 Å². The van der Waals surface area contributed by atoms with Crippen molar-refractivity contribution in [3.05, 3.63) is 0 Å². The molecule has 2 aliphatic heterocycles. The second-order valence-electron chi connectivity index (χ2n) is 7.45. The Labute approximate surface area is 144 Å². The highest BCUT2D eigenvalue weighted by atomic mass is 16.5. The Bertz CT molecular complexity index is 468. The van der Waals surface area contributed by atoms with Crippen LogP contribution in [-0.2, 0) is 19.1 Å². The van der Waals surface area contributed by atoms with Crippen molar-refractivity contribution in [2.75, 3.05) is 19.8 Å². The van der Waals surface area contributed by atoms with E-state index in [2.05, 4.69) is 12.2 Å². The van der Waals surface area contributed by atoms with Crippen LogP contribution in [0, 0.1) is 5.92 Å². The van der Waals surface area contributed by atoms with E-state index in [-0.39, 0.29) is 17.9 Å². The topological polar surface area (TPSA) is 67.9 Å². The van der Waals surface area contributed by atoms with Gasteiger partial charge in [0.15, 0.2) is 0 Å². The van der Waals surface area contributed by atoms with Gasteiger partial charge in [-0.3, -0.25) is 14.5 Å². The first kappa shape index (κ1) is 17.7. The van der Waals surface area contributed by atoms with Crippen LogP contribution in [0.25, 0.3) is 0 Å². The molecule has 3 rings (SSSR count). The number of amides is 2. The van der Waals surface area contributed by atoms with Crippen molar-refractivity contribution < 1.29 is 19.1 Å². The fourth-order valence-electron chi connectivity index (χ4n) is 4.16. The number of hydrogen-bond donors (Lipinski definition) is 1. The summed E-state index contributed by atoms with van der Waals surface area (Å²) in [6, 6.07) is -0.507. The molecule has 0 aromatic rings. The molecule has 24 heavy (non-hydrogen) atoms. The van der Waals surface area contributed by atoms with Crippen LogP contribution >= 0.6 is 0 Å². The standard InChI is InChI=1S/C18H30N2O4/c1-3-16(21)20-15(17(22)19-11-14-5-4-10-23-14)12-24-18(20)8-6-13(2)7-9-18/h13-15H,3-12H2,1-2H3,(H,19,22). The summed E-state index contributed by atoms with van der Waals surface area (Å²) in [7, 11) is 0. The van der Waals surface area contributed by atoms with E-state index < -0.39 is 11.8 Å². The zero-order chi connectivity index (χ0) is 17.2. The smallest absolute Gasteiger partial charge is 0.245 e. The van der Waals surface area contributed by atoms with Crippen molar-refractivity contribution in [2.45, 2.75) is 76.7 Å². The molecule has 0 aromatic heterocycles. The number of nitrogens with zero attached hydrogens (tertiary/aromatic N) is 1. The summed E-state index contributed by atoms with van der Waals surface area (Å²) in [5, 5.41) is 2.97. The highest BCUT2D eigenvalue weighted by Crippen LogP contribution is 2.42. The third-order valence-corrected chi connectivity index (χ3v) is 5.72. The second-order valence-corrected chi connectivity index (χ2v) is 7.45. The van der Waals surface area contributed by atoms with Gasteiger partial charge in [0.05, 0.1) is 12.7 Å². The first-order valence-electron chi connectivity index (χ1n) is 9.41. The summed E-state index contributed by atoms with van der Waals surface area (Å²) in [6.07, 6.45) is 6.28. The van der Waals surface area contributed by atoms with Crippen LogP contribution in [0.4, 0.5) is 0 Å². The highest BCUT2D eigenvalue weighted by molar-refractivity contribution is 5.88. The van der Waals surface area contributed by atoms with Crippen LogP contribution < -0.4 is 5.32 Å². The molecule has 2 saturated heterocycles. The molecule has 3 aliphatic rings. The van der Waals surface area contributed by atoms with Crippen LogP contribution in [-0.4, -0.2) is 54.3 Å². The molecule has 1 saturated carbocycles. The maximum atomic E-state index is 12.7. The average Bonchev–Trinajstić information content (AvgIpc) is 3.23. The van der Waals surface area contributed by atoms with Crippen molar-refractivity contribution in [1.82, 2.24) is 10.2 Å². The molecule has 0 bridgehead atoms. The molecule has 6 heteroatoms. The number of rotatable bonds is 4. The minimum Gasteiger partial charge on any atom is -0.376 e.